The number of sulfonamides is 1. The lowest BCUT2D eigenvalue weighted by Gasteiger charge is -2.46. The second kappa shape index (κ2) is 8.37. The molecule has 1 N–H and O–H groups in total. The number of benzene rings is 1. The van der Waals surface area contributed by atoms with Crippen LogP contribution in [0.15, 0.2) is 24.3 Å². The number of piperazine rings is 1. The molecule has 150 valence electrons. The predicted molar refractivity (Wildman–Crippen MR) is 101 cm³/mol. The highest BCUT2D eigenvalue weighted by molar-refractivity contribution is 7.88. The van der Waals surface area contributed by atoms with Crippen LogP contribution in [0, 0.1) is 6.92 Å². The van der Waals surface area contributed by atoms with Crippen LogP contribution in [0.1, 0.15) is 18.1 Å². The zero-order chi connectivity index (χ0) is 20.2. The summed E-state index contributed by atoms with van der Waals surface area (Å²) in [5.74, 6) is -0.822. The summed E-state index contributed by atoms with van der Waals surface area (Å²) in [5, 5.41) is 2.83. The van der Waals surface area contributed by atoms with E-state index in [0.717, 1.165) is 21.7 Å². The van der Waals surface area contributed by atoms with Crippen molar-refractivity contribution in [2.45, 2.75) is 25.9 Å². The zero-order valence-electron chi connectivity index (χ0n) is 16.2. The van der Waals surface area contributed by atoms with Gasteiger partial charge in [-0.2, -0.15) is 4.31 Å². The Morgan fingerprint density at radius 3 is 2.48 bits per heavy atom. The first kappa shape index (κ1) is 21.3. The minimum Gasteiger partial charge on any atom is -0.383 e. The summed E-state index contributed by atoms with van der Waals surface area (Å²) < 4.78 is 30.0. The number of methoxy groups -OCH3 is 1. The van der Waals surface area contributed by atoms with Gasteiger partial charge >= 0.3 is 0 Å². The highest BCUT2D eigenvalue weighted by Gasteiger charge is 2.49. The van der Waals surface area contributed by atoms with Gasteiger partial charge in [0.2, 0.25) is 21.8 Å². The summed E-state index contributed by atoms with van der Waals surface area (Å²) in [5.41, 5.74) is 0.717. The summed E-state index contributed by atoms with van der Waals surface area (Å²) in [6, 6.07) is 7.72. The van der Waals surface area contributed by atoms with Crippen molar-refractivity contribution in [3.05, 3.63) is 35.4 Å². The van der Waals surface area contributed by atoms with Gasteiger partial charge < -0.3 is 15.0 Å². The average Bonchev–Trinajstić information content (AvgIpc) is 2.59. The molecule has 2 amide bonds. The highest BCUT2D eigenvalue weighted by atomic mass is 32.2. The van der Waals surface area contributed by atoms with Crippen molar-refractivity contribution in [2.75, 3.05) is 39.6 Å². The number of aryl methyl sites for hydroxylation is 1. The molecule has 0 bridgehead atoms. The van der Waals surface area contributed by atoms with Gasteiger partial charge in [0.25, 0.3) is 0 Å². The van der Waals surface area contributed by atoms with Gasteiger partial charge in [-0.1, -0.05) is 29.8 Å². The van der Waals surface area contributed by atoms with Crippen molar-refractivity contribution >= 4 is 21.8 Å². The number of rotatable bonds is 7. The maximum Gasteiger partial charge on any atom is 0.247 e. The van der Waals surface area contributed by atoms with Crippen LogP contribution in [0.4, 0.5) is 0 Å². The van der Waals surface area contributed by atoms with Crippen LogP contribution in [0.2, 0.25) is 0 Å². The second-order valence-corrected chi connectivity index (χ2v) is 8.99. The van der Waals surface area contributed by atoms with Crippen molar-refractivity contribution in [1.82, 2.24) is 14.5 Å². The van der Waals surface area contributed by atoms with E-state index in [-0.39, 0.29) is 26.2 Å². The van der Waals surface area contributed by atoms with Gasteiger partial charge in [-0.05, 0) is 19.4 Å². The van der Waals surface area contributed by atoms with Gasteiger partial charge in [0.1, 0.15) is 5.54 Å². The van der Waals surface area contributed by atoms with Gasteiger partial charge in [0.05, 0.1) is 19.4 Å². The van der Waals surface area contributed by atoms with E-state index in [2.05, 4.69) is 5.32 Å². The number of nitrogens with zero attached hydrogens (tertiary/aromatic N) is 2. The molecule has 1 heterocycles. The molecule has 0 aromatic heterocycles. The van der Waals surface area contributed by atoms with Gasteiger partial charge in [0.15, 0.2) is 0 Å². The lowest BCUT2D eigenvalue weighted by atomic mass is 9.95. The SMILES string of the molecule is COCCN1C(=O)CN(S(C)(=O)=O)C[C@]1(C)C(=O)NCc1ccc(C)cc1. The first-order valence-corrected chi connectivity index (χ1v) is 10.5. The van der Waals surface area contributed by atoms with Crippen molar-refractivity contribution in [3.63, 3.8) is 0 Å². The summed E-state index contributed by atoms with van der Waals surface area (Å²) in [6.45, 7) is 3.95. The third-order valence-electron chi connectivity index (χ3n) is 4.74. The number of carbonyl (C=O) groups is 2. The van der Waals surface area contributed by atoms with Crippen LogP contribution in [0.25, 0.3) is 0 Å². The van der Waals surface area contributed by atoms with Crippen molar-refractivity contribution in [3.8, 4) is 0 Å². The van der Waals surface area contributed by atoms with E-state index in [9.17, 15) is 18.0 Å². The lowest BCUT2D eigenvalue weighted by Crippen LogP contribution is -2.70. The molecular formula is C18H27N3O5S. The van der Waals surface area contributed by atoms with Gasteiger partial charge in [-0.15, -0.1) is 0 Å². The average molecular weight is 397 g/mol. The summed E-state index contributed by atoms with van der Waals surface area (Å²) in [4.78, 5) is 27.0. The van der Waals surface area contributed by atoms with E-state index in [1.165, 1.54) is 12.0 Å². The minimum absolute atomic E-state index is 0.0962. The minimum atomic E-state index is -3.60. The molecule has 0 spiro atoms. The van der Waals surface area contributed by atoms with Crippen LogP contribution < -0.4 is 5.32 Å². The molecule has 27 heavy (non-hydrogen) atoms. The summed E-state index contributed by atoms with van der Waals surface area (Å²) >= 11 is 0. The Kier molecular flexibility index (Phi) is 6.61. The number of carbonyl (C=O) groups excluding carboxylic acids is 2. The molecule has 2 rings (SSSR count). The maximum absolute atomic E-state index is 13.0. The Bertz CT molecular complexity index is 794. The summed E-state index contributed by atoms with van der Waals surface area (Å²) in [6.07, 6.45) is 1.04. The molecule has 1 fully saturated rings. The number of ether oxygens (including phenoxy) is 1. The van der Waals surface area contributed by atoms with E-state index in [1.807, 2.05) is 31.2 Å². The normalized spacial score (nSPS) is 21.3. The topological polar surface area (TPSA) is 96.0 Å². The van der Waals surface area contributed by atoms with Crippen LogP contribution in [0.5, 0.6) is 0 Å². The summed E-state index contributed by atoms with van der Waals surface area (Å²) in [7, 11) is -2.10. The standard InChI is InChI=1S/C18H27N3O5S/c1-14-5-7-15(8-6-14)11-19-17(23)18(2)13-20(27(4,24)25)12-16(22)21(18)9-10-26-3/h5-8H,9-13H2,1-4H3,(H,19,23)/t18-/m1/s1. The lowest BCUT2D eigenvalue weighted by molar-refractivity contribution is -0.153. The van der Waals surface area contributed by atoms with Crippen LogP contribution in [0.3, 0.4) is 0 Å². The third-order valence-corrected chi connectivity index (χ3v) is 5.94. The molecule has 0 radical (unpaired) electrons. The smallest absolute Gasteiger partial charge is 0.247 e. The van der Waals surface area contributed by atoms with Gasteiger partial charge in [0, 0.05) is 26.7 Å². The van der Waals surface area contributed by atoms with Crippen molar-refractivity contribution in [1.29, 1.82) is 0 Å². The molecule has 1 aliphatic heterocycles. The van der Waals surface area contributed by atoms with E-state index >= 15 is 0 Å². The van der Waals surface area contributed by atoms with Gasteiger partial charge in [-0.3, -0.25) is 9.59 Å². The molecular weight excluding hydrogens is 370 g/mol. The largest absolute Gasteiger partial charge is 0.383 e. The first-order valence-electron chi connectivity index (χ1n) is 8.66. The van der Waals surface area contributed by atoms with Crippen LogP contribution >= 0.6 is 0 Å². The fraction of sp³-hybridized carbons (Fsp3) is 0.556. The molecule has 9 heteroatoms. The van der Waals surface area contributed by atoms with E-state index < -0.39 is 27.4 Å². The fourth-order valence-electron chi connectivity index (χ4n) is 3.06. The van der Waals surface area contributed by atoms with E-state index in [1.54, 1.807) is 6.92 Å². The van der Waals surface area contributed by atoms with Gasteiger partial charge in [-0.25, -0.2) is 8.42 Å². The van der Waals surface area contributed by atoms with Crippen LogP contribution in [-0.4, -0.2) is 74.6 Å². The van der Waals surface area contributed by atoms with Crippen molar-refractivity contribution in [2.24, 2.45) is 0 Å². The molecule has 1 aliphatic rings. The van der Waals surface area contributed by atoms with Crippen LogP contribution in [-0.2, 0) is 30.9 Å². The van der Waals surface area contributed by atoms with E-state index in [0.29, 0.717) is 6.54 Å². The Hall–Kier alpha value is -1.97. The highest BCUT2D eigenvalue weighted by Crippen LogP contribution is 2.24. The van der Waals surface area contributed by atoms with E-state index in [4.69, 9.17) is 4.74 Å². The number of hydrogen-bond acceptors (Lipinski definition) is 5. The number of hydrogen-bond donors (Lipinski definition) is 1. The molecule has 0 saturated carbocycles. The second-order valence-electron chi connectivity index (χ2n) is 7.01. The fourth-order valence-corrected chi connectivity index (χ4v) is 3.89. The molecule has 0 unspecified atom stereocenters. The maximum atomic E-state index is 13.0. The third kappa shape index (κ3) is 5.06. The molecule has 8 nitrogen and oxygen atoms in total. The molecule has 1 atom stereocenters. The zero-order valence-corrected chi connectivity index (χ0v) is 17.0. The Labute approximate surface area is 160 Å². The Balaban J connectivity index is 2.22. The molecule has 1 aromatic carbocycles. The molecule has 1 saturated heterocycles. The molecule has 0 aliphatic carbocycles. The Morgan fingerprint density at radius 1 is 1.30 bits per heavy atom. The Morgan fingerprint density at radius 2 is 1.93 bits per heavy atom. The predicted octanol–water partition coefficient (Wildman–Crippen LogP) is 0.120. The monoisotopic (exact) mass is 397 g/mol. The van der Waals surface area contributed by atoms with Crippen molar-refractivity contribution < 1.29 is 22.7 Å². The first-order chi connectivity index (χ1) is 12.6. The quantitative estimate of drug-likeness (QED) is 0.705. The number of nitrogens with one attached hydrogen (secondary N) is 1. The molecule has 1 aromatic rings. The number of amides is 2.